The zero-order chi connectivity index (χ0) is 12.8. The van der Waals surface area contributed by atoms with Crippen molar-refractivity contribution in [2.45, 2.75) is 26.4 Å². The lowest BCUT2D eigenvalue weighted by atomic mass is 10.2. The van der Waals surface area contributed by atoms with Crippen LogP contribution in [0.25, 0.3) is 0 Å². The summed E-state index contributed by atoms with van der Waals surface area (Å²) in [7, 11) is 1.58. The summed E-state index contributed by atoms with van der Waals surface area (Å²) in [6.07, 6.45) is 1.89. The molecule has 94 valence electrons. The van der Waals surface area contributed by atoms with E-state index in [1.807, 2.05) is 6.92 Å². The van der Waals surface area contributed by atoms with Gasteiger partial charge in [0.15, 0.2) is 5.82 Å². The number of esters is 1. The highest BCUT2D eigenvalue weighted by Gasteiger charge is 2.17. The second-order valence-corrected chi connectivity index (χ2v) is 3.38. The number of carbonyl (C=O) groups is 1. The van der Waals surface area contributed by atoms with Crippen molar-refractivity contribution in [3.05, 3.63) is 17.6 Å². The summed E-state index contributed by atoms with van der Waals surface area (Å²) in [6, 6.07) is 0. The number of nitrogens with two attached hydrogens (primary N) is 1. The van der Waals surface area contributed by atoms with Gasteiger partial charge in [-0.15, -0.1) is 0 Å². The van der Waals surface area contributed by atoms with Crippen LogP contribution in [0.3, 0.4) is 0 Å². The summed E-state index contributed by atoms with van der Waals surface area (Å²) in [5, 5.41) is 0. The van der Waals surface area contributed by atoms with E-state index >= 15 is 0 Å². The third-order valence-corrected chi connectivity index (χ3v) is 2.28. The number of methoxy groups -OCH3 is 1. The van der Waals surface area contributed by atoms with Gasteiger partial charge in [0.2, 0.25) is 0 Å². The third kappa shape index (κ3) is 3.13. The van der Waals surface area contributed by atoms with Crippen LogP contribution in [0.4, 0.5) is 5.82 Å². The zero-order valence-electron chi connectivity index (χ0n) is 10.3. The van der Waals surface area contributed by atoms with Crippen molar-refractivity contribution in [3.8, 4) is 0 Å². The molecule has 0 aromatic carbocycles. The molecule has 0 amide bonds. The molecule has 1 heterocycles. The van der Waals surface area contributed by atoms with Gasteiger partial charge in [-0.05, 0) is 13.3 Å². The number of hydrogen-bond donors (Lipinski definition) is 1. The molecule has 17 heavy (non-hydrogen) atoms. The molecular weight excluding hydrogens is 222 g/mol. The van der Waals surface area contributed by atoms with Crippen molar-refractivity contribution in [2.24, 2.45) is 0 Å². The molecule has 0 saturated heterocycles. The molecule has 2 N–H and O–H groups in total. The number of nitrogen functional groups attached to an aromatic ring is 1. The Kier molecular flexibility index (Phi) is 4.84. The fraction of sp³-hybridized carbons (Fsp3) is 0.545. The topological polar surface area (TPSA) is 87.3 Å². The minimum atomic E-state index is -0.512. The molecule has 0 aliphatic rings. The molecule has 1 rings (SSSR count). The first-order chi connectivity index (χ1) is 8.13. The van der Waals surface area contributed by atoms with Gasteiger partial charge in [0.25, 0.3) is 0 Å². The molecule has 0 fully saturated rings. The molecule has 1 aromatic rings. The van der Waals surface area contributed by atoms with Gasteiger partial charge < -0.3 is 15.2 Å². The van der Waals surface area contributed by atoms with Crippen LogP contribution in [0.5, 0.6) is 0 Å². The van der Waals surface area contributed by atoms with Crippen molar-refractivity contribution in [1.29, 1.82) is 0 Å². The lowest BCUT2D eigenvalue weighted by molar-refractivity contribution is 0.0525. The standard InChI is InChI=1S/C11H17N3O3/c1-4-8(16-3)10-13-6-7(9(12)14-10)11(15)17-5-2/h6,8H,4-5H2,1-3H3,(H2,12,13,14). The Morgan fingerprint density at radius 1 is 1.53 bits per heavy atom. The van der Waals surface area contributed by atoms with Gasteiger partial charge in [0.1, 0.15) is 17.5 Å². The minimum absolute atomic E-state index is 0.115. The zero-order valence-corrected chi connectivity index (χ0v) is 10.3. The fourth-order valence-corrected chi connectivity index (χ4v) is 1.39. The summed E-state index contributed by atoms with van der Waals surface area (Å²) in [5.74, 6) is 0.0755. The van der Waals surface area contributed by atoms with E-state index in [1.54, 1.807) is 14.0 Å². The average Bonchev–Trinajstić information content (AvgIpc) is 2.31. The number of rotatable bonds is 5. The van der Waals surface area contributed by atoms with Crippen molar-refractivity contribution in [1.82, 2.24) is 9.97 Å². The lowest BCUT2D eigenvalue weighted by Crippen LogP contribution is -2.14. The minimum Gasteiger partial charge on any atom is -0.462 e. The van der Waals surface area contributed by atoms with Gasteiger partial charge in [0.05, 0.1) is 6.61 Å². The second kappa shape index (κ2) is 6.15. The van der Waals surface area contributed by atoms with Gasteiger partial charge in [0, 0.05) is 13.3 Å². The molecule has 0 saturated carbocycles. The van der Waals surface area contributed by atoms with Gasteiger partial charge in [-0.25, -0.2) is 14.8 Å². The largest absolute Gasteiger partial charge is 0.462 e. The first-order valence-corrected chi connectivity index (χ1v) is 5.46. The van der Waals surface area contributed by atoms with E-state index in [0.717, 1.165) is 6.42 Å². The van der Waals surface area contributed by atoms with E-state index in [2.05, 4.69) is 9.97 Å². The monoisotopic (exact) mass is 239 g/mol. The molecule has 6 heteroatoms. The number of ether oxygens (including phenoxy) is 2. The quantitative estimate of drug-likeness (QED) is 0.780. The first-order valence-electron chi connectivity index (χ1n) is 5.46. The van der Waals surface area contributed by atoms with Crippen LogP contribution >= 0.6 is 0 Å². The summed E-state index contributed by atoms with van der Waals surface area (Å²) < 4.78 is 10.0. The van der Waals surface area contributed by atoms with Gasteiger partial charge in [-0.3, -0.25) is 0 Å². The predicted molar refractivity (Wildman–Crippen MR) is 62.4 cm³/mol. The summed E-state index contributed by atoms with van der Waals surface area (Å²) in [6.45, 7) is 3.96. The molecular formula is C11H17N3O3. The molecule has 0 aliphatic carbocycles. The molecule has 0 radical (unpaired) electrons. The van der Waals surface area contributed by atoms with E-state index in [9.17, 15) is 4.79 Å². The van der Waals surface area contributed by atoms with Crippen LogP contribution in [-0.4, -0.2) is 29.7 Å². The highest BCUT2D eigenvalue weighted by Crippen LogP contribution is 2.18. The summed E-state index contributed by atoms with van der Waals surface area (Å²) in [4.78, 5) is 19.6. The Bertz CT molecular complexity index is 392. The molecule has 1 aromatic heterocycles. The first kappa shape index (κ1) is 13.4. The number of anilines is 1. The maximum absolute atomic E-state index is 11.5. The smallest absolute Gasteiger partial charge is 0.343 e. The van der Waals surface area contributed by atoms with Crippen LogP contribution < -0.4 is 5.73 Å². The lowest BCUT2D eigenvalue weighted by Gasteiger charge is -2.12. The van der Waals surface area contributed by atoms with Crippen LogP contribution in [0.1, 0.15) is 42.6 Å². The molecule has 0 aliphatic heterocycles. The van der Waals surface area contributed by atoms with E-state index < -0.39 is 5.97 Å². The van der Waals surface area contributed by atoms with Gasteiger partial charge >= 0.3 is 5.97 Å². The van der Waals surface area contributed by atoms with Crippen LogP contribution in [0.2, 0.25) is 0 Å². The maximum Gasteiger partial charge on any atom is 0.343 e. The van der Waals surface area contributed by atoms with Crippen molar-refractivity contribution < 1.29 is 14.3 Å². The van der Waals surface area contributed by atoms with Crippen molar-refractivity contribution in [3.63, 3.8) is 0 Å². The highest BCUT2D eigenvalue weighted by molar-refractivity contribution is 5.93. The Morgan fingerprint density at radius 3 is 2.71 bits per heavy atom. The Hall–Kier alpha value is -1.69. The summed E-state index contributed by atoms with van der Waals surface area (Å²) >= 11 is 0. The third-order valence-electron chi connectivity index (χ3n) is 2.28. The van der Waals surface area contributed by atoms with E-state index in [-0.39, 0.29) is 24.1 Å². The molecule has 0 bridgehead atoms. The SMILES string of the molecule is CCOC(=O)c1cnc(C(CC)OC)nc1N. The fourth-order valence-electron chi connectivity index (χ4n) is 1.39. The van der Waals surface area contributed by atoms with E-state index in [0.29, 0.717) is 5.82 Å². The Labute approximate surface area is 100 Å². The maximum atomic E-state index is 11.5. The van der Waals surface area contributed by atoms with Crippen LogP contribution in [-0.2, 0) is 9.47 Å². The Balaban J connectivity index is 2.97. The molecule has 6 nitrogen and oxygen atoms in total. The van der Waals surface area contributed by atoms with Gasteiger partial charge in [-0.1, -0.05) is 6.92 Å². The van der Waals surface area contributed by atoms with Crippen LogP contribution in [0.15, 0.2) is 6.20 Å². The molecule has 0 spiro atoms. The average molecular weight is 239 g/mol. The Morgan fingerprint density at radius 2 is 2.24 bits per heavy atom. The predicted octanol–water partition coefficient (Wildman–Crippen LogP) is 1.33. The van der Waals surface area contributed by atoms with Crippen LogP contribution in [0, 0.1) is 0 Å². The molecule has 1 unspecified atom stereocenters. The molecule has 1 atom stereocenters. The highest BCUT2D eigenvalue weighted by atomic mass is 16.5. The number of aromatic nitrogens is 2. The second-order valence-electron chi connectivity index (χ2n) is 3.38. The number of hydrogen-bond acceptors (Lipinski definition) is 6. The van der Waals surface area contributed by atoms with E-state index in [1.165, 1.54) is 6.20 Å². The summed E-state index contributed by atoms with van der Waals surface area (Å²) in [5.41, 5.74) is 5.87. The van der Waals surface area contributed by atoms with Gasteiger partial charge in [-0.2, -0.15) is 0 Å². The number of carbonyl (C=O) groups excluding carboxylic acids is 1. The van der Waals surface area contributed by atoms with Crippen molar-refractivity contribution >= 4 is 11.8 Å². The number of nitrogens with zero attached hydrogens (tertiary/aromatic N) is 2. The van der Waals surface area contributed by atoms with Crippen molar-refractivity contribution in [2.75, 3.05) is 19.5 Å². The van der Waals surface area contributed by atoms with E-state index in [4.69, 9.17) is 15.2 Å². The normalized spacial score (nSPS) is 12.2.